The molecule has 0 fully saturated rings. The number of rotatable bonds is 5. The molecule has 2 aromatic rings. The molecule has 1 atom stereocenters. The van der Waals surface area contributed by atoms with Gasteiger partial charge in [0.1, 0.15) is 4.90 Å². The summed E-state index contributed by atoms with van der Waals surface area (Å²) in [5, 5.41) is 0. The Bertz CT molecular complexity index is 729. The normalized spacial score (nSPS) is 13.3. The highest BCUT2D eigenvalue weighted by atomic mass is 32.2. The van der Waals surface area contributed by atoms with Gasteiger partial charge in [0, 0.05) is 47.9 Å². The first-order valence-electron chi connectivity index (χ1n) is 6.20. The van der Waals surface area contributed by atoms with Gasteiger partial charge in [-0.25, -0.2) is 8.42 Å². The Balaban J connectivity index is 2.18. The largest absolute Gasteiger partial charge is 0.263 e. The highest BCUT2D eigenvalue weighted by Crippen LogP contribution is 2.16. The van der Waals surface area contributed by atoms with Crippen molar-refractivity contribution in [3.63, 3.8) is 0 Å². The molecule has 2 rings (SSSR count). The third-order valence-electron chi connectivity index (χ3n) is 3.00. The van der Waals surface area contributed by atoms with Crippen molar-refractivity contribution in [3.05, 3.63) is 54.4 Å². The minimum Gasteiger partial charge on any atom is -0.263 e. The zero-order valence-electron chi connectivity index (χ0n) is 11.8. The van der Waals surface area contributed by atoms with Crippen molar-refractivity contribution in [2.24, 2.45) is 0 Å². The summed E-state index contributed by atoms with van der Waals surface area (Å²) < 4.78 is 37.3. The van der Waals surface area contributed by atoms with Gasteiger partial charge < -0.3 is 0 Å². The summed E-state index contributed by atoms with van der Waals surface area (Å²) in [6.07, 6.45) is 4.46. The molecule has 5 nitrogen and oxygen atoms in total. The first-order chi connectivity index (χ1) is 9.91. The fraction of sp³-hybridized carbons (Fsp3) is 0.214. The number of pyridine rings is 1. The van der Waals surface area contributed by atoms with Gasteiger partial charge >= 0.3 is 0 Å². The molecular weight excluding hydrogens is 308 g/mol. The van der Waals surface area contributed by atoms with Crippen molar-refractivity contribution in [2.45, 2.75) is 16.3 Å². The van der Waals surface area contributed by atoms with Gasteiger partial charge in [-0.15, -0.1) is 0 Å². The van der Waals surface area contributed by atoms with Crippen molar-refractivity contribution in [3.8, 4) is 0 Å². The smallest absolute Gasteiger partial charge is 0.244 e. The average Bonchev–Trinajstić information content (AvgIpc) is 2.48. The standard InChI is InChI=1S/C14H16N2O3S2/c1-16(21(18,19)14-4-3-9-15-10-14)11-12-5-7-13(8-6-12)20(2)17/h3-10H,11H2,1-2H3/t20-/m1/s1. The SMILES string of the molecule is CN(Cc1ccc([S@@](C)=O)cc1)S(=O)(=O)c1cccnc1. The summed E-state index contributed by atoms with van der Waals surface area (Å²) in [4.78, 5) is 4.72. The molecule has 0 saturated carbocycles. The lowest BCUT2D eigenvalue weighted by molar-refractivity contribution is 0.466. The summed E-state index contributed by atoms with van der Waals surface area (Å²) in [5.74, 6) is 0. The van der Waals surface area contributed by atoms with E-state index in [1.807, 2.05) is 0 Å². The second kappa shape index (κ2) is 6.46. The Kier molecular flexibility index (Phi) is 4.87. The Labute approximate surface area is 127 Å². The fourth-order valence-corrected chi connectivity index (χ4v) is 3.45. The molecule has 0 bridgehead atoms. The summed E-state index contributed by atoms with van der Waals surface area (Å²) in [5.41, 5.74) is 0.833. The molecule has 0 radical (unpaired) electrons. The number of hydrogen-bond donors (Lipinski definition) is 0. The van der Waals surface area contributed by atoms with Crippen molar-refractivity contribution in [1.29, 1.82) is 0 Å². The van der Waals surface area contributed by atoms with Crippen molar-refractivity contribution in [2.75, 3.05) is 13.3 Å². The maximum Gasteiger partial charge on any atom is 0.244 e. The molecular formula is C14H16N2O3S2. The first-order valence-corrected chi connectivity index (χ1v) is 9.20. The van der Waals surface area contributed by atoms with Crippen LogP contribution < -0.4 is 0 Å². The van der Waals surface area contributed by atoms with Crippen LogP contribution >= 0.6 is 0 Å². The van der Waals surface area contributed by atoms with Crippen LogP contribution in [0.3, 0.4) is 0 Å². The summed E-state index contributed by atoms with van der Waals surface area (Å²) >= 11 is 0. The van der Waals surface area contributed by atoms with E-state index in [0.29, 0.717) is 0 Å². The lowest BCUT2D eigenvalue weighted by Gasteiger charge is -2.17. The van der Waals surface area contributed by atoms with E-state index in [-0.39, 0.29) is 11.4 Å². The minimum absolute atomic E-state index is 0.166. The van der Waals surface area contributed by atoms with Gasteiger partial charge in [-0.3, -0.25) is 9.19 Å². The number of hydrogen-bond acceptors (Lipinski definition) is 4. The van der Waals surface area contributed by atoms with Crippen LogP contribution in [0.4, 0.5) is 0 Å². The van der Waals surface area contributed by atoms with E-state index < -0.39 is 20.8 Å². The summed E-state index contributed by atoms with van der Waals surface area (Å²) in [6.45, 7) is 0.244. The van der Waals surface area contributed by atoms with Crippen LogP contribution in [0.2, 0.25) is 0 Å². The average molecular weight is 324 g/mol. The summed E-state index contributed by atoms with van der Waals surface area (Å²) in [6, 6.07) is 10.2. The zero-order valence-corrected chi connectivity index (χ0v) is 13.4. The van der Waals surface area contributed by atoms with E-state index in [1.165, 1.54) is 29.8 Å². The van der Waals surface area contributed by atoms with Crippen molar-refractivity contribution < 1.29 is 12.6 Å². The van der Waals surface area contributed by atoms with Gasteiger partial charge in [-0.2, -0.15) is 4.31 Å². The molecule has 0 saturated heterocycles. The van der Waals surface area contributed by atoms with E-state index in [9.17, 15) is 12.6 Å². The van der Waals surface area contributed by atoms with Crippen LogP contribution in [0.25, 0.3) is 0 Å². The van der Waals surface area contributed by atoms with Crippen LogP contribution in [-0.2, 0) is 27.4 Å². The van der Waals surface area contributed by atoms with Crippen LogP contribution in [0.15, 0.2) is 58.6 Å². The minimum atomic E-state index is -3.55. The van der Waals surface area contributed by atoms with Gasteiger partial charge in [0.05, 0.1) is 0 Å². The molecule has 1 heterocycles. The predicted octanol–water partition coefficient (Wildman–Crippen LogP) is 1.64. The van der Waals surface area contributed by atoms with Crippen LogP contribution in [0.5, 0.6) is 0 Å². The molecule has 0 amide bonds. The van der Waals surface area contributed by atoms with E-state index in [0.717, 1.165) is 10.5 Å². The Morgan fingerprint density at radius 3 is 2.38 bits per heavy atom. The predicted molar refractivity (Wildman–Crippen MR) is 81.7 cm³/mol. The van der Waals surface area contributed by atoms with Gasteiger partial charge in [0.15, 0.2) is 0 Å². The van der Waals surface area contributed by atoms with Gasteiger partial charge in [-0.05, 0) is 29.8 Å². The zero-order chi connectivity index (χ0) is 15.5. The molecule has 7 heteroatoms. The molecule has 0 spiro atoms. The number of sulfonamides is 1. The third kappa shape index (κ3) is 3.75. The first kappa shape index (κ1) is 15.8. The number of benzene rings is 1. The highest BCUT2D eigenvalue weighted by Gasteiger charge is 2.20. The molecule has 21 heavy (non-hydrogen) atoms. The Morgan fingerprint density at radius 2 is 1.86 bits per heavy atom. The molecule has 0 aliphatic rings. The topological polar surface area (TPSA) is 67.3 Å². The van der Waals surface area contributed by atoms with Crippen molar-refractivity contribution in [1.82, 2.24) is 9.29 Å². The Morgan fingerprint density at radius 1 is 1.19 bits per heavy atom. The molecule has 1 aromatic carbocycles. The molecule has 0 aliphatic carbocycles. The van der Waals surface area contributed by atoms with Crippen LogP contribution in [0.1, 0.15) is 5.56 Å². The van der Waals surface area contributed by atoms with E-state index in [2.05, 4.69) is 4.98 Å². The van der Waals surface area contributed by atoms with Crippen molar-refractivity contribution >= 4 is 20.8 Å². The maximum atomic E-state index is 12.3. The van der Waals surface area contributed by atoms with Gasteiger partial charge in [-0.1, -0.05) is 12.1 Å². The van der Waals surface area contributed by atoms with Crippen LogP contribution in [-0.4, -0.2) is 35.2 Å². The Hall–Kier alpha value is -1.57. The quantitative estimate of drug-likeness (QED) is 0.838. The molecule has 112 valence electrons. The summed E-state index contributed by atoms with van der Waals surface area (Å²) in [7, 11) is -3.07. The van der Waals surface area contributed by atoms with E-state index >= 15 is 0 Å². The number of aromatic nitrogens is 1. The highest BCUT2D eigenvalue weighted by molar-refractivity contribution is 7.89. The number of nitrogens with zero attached hydrogens (tertiary/aromatic N) is 2. The lowest BCUT2D eigenvalue weighted by atomic mass is 10.2. The second-order valence-corrected chi connectivity index (χ2v) is 7.97. The molecule has 0 aliphatic heterocycles. The monoisotopic (exact) mass is 324 g/mol. The van der Waals surface area contributed by atoms with E-state index in [4.69, 9.17) is 0 Å². The molecule has 0 N–H and O–H groups in total. The van der Waals surface area contributed by atoms with Crippen LogP contribution in [0, 0.1) is 0 Å². The molecule has 1 aromatic heterocycles. The second-order valence-electron chi connectivity index (χ2n) is 4.55. The van der Waals surface area contributed by atoms with Gasteiger partial charge in [0.25, 0.3) is 0 Å². The molecule has 0 unspecified atom stereocenters. The van der Waals surface area contributed by atoms with Gasteiger partial charge in [0.2, 0.25) is 10.0 Å². The third-order valence-corrected chi connectivity index (χ3v) is 5.73. The fourth-order valence-electron chi connectivity index (χ4n) is 1.81. The lowest BCUT2D eigenvalue weighted by Crippen LogP contribution is -2.26. The maximum absolute atomic E-state index is 12.3. The van der Waals surface area contributed by atoms with E-state index in [1.54, 1.807) is 36.6 Å².